The standard InChI is InChI=1S/C14H25NO/c1-11-12(2)15(10-8-14(11)16)9-7-13-5-3-4-6-13/h11-13H,3-10H2,1-2H3. The van der Waals surface area contributed by atoms with Gasteiger partial charge in [0.25, 0.3) is 0 Å². The van der Waals surface area contributed by atoms with E-state index in [1.165, 1.54) is 38.6 Å². The minimum absolute atomic E-state index is 0.248. The van der Waals surface area contributed by atoms with E-state index >= 15 is 0 Å². The zero-order valence-corrected chi connectivity index (χ0v) is 10.7. The molecule has 1 saturated carbocycles. The zero-order valence-electron chi connectivity index (χ0n) is 10.7. The van der Waals surface area contributed by atoms with Crippen LogP contribution in [-0.2, 0) is 4.79 Å². The summed E-state index contributed by atoms with van der Waals surface area (Å²) in [6.45, 7) is 6.52. The van der Waals surface area contributed by atoms with Gasteiger partial charge in [0.05, 0.1) is 0 Å². The van der Waals surface area contributed by atoms with E-state index in [-0.39, 0.29) is 5.92 Å². The van der Waals surface area contributed by atoms with Crippen LogP contribution in [0.15, 0.2) is 0 Å². The quantitative estimate of drug-likeness (QED) is 0.733. The Morgan fingerprint density at radius 2 is 1.94 bits per heavy atom. The van der Waals surface area contributed by atoms with Crippen molar-refractivity contribution in [3.05, 3.63) is 0 Å². The van der Waals surface area contributed by atoms with E-state index in [0.29, 0.717) is 11.8 Å². The van der Waals surface area contributed by atoms with Gasteiger partial charge in [-0.2, -0.15) is 0 Å². The van der Waals surface area contributed by atoms with E-state index < -0.39 is 0 Å². The maximum Gasteiger partial charge on any atom is 0.138 e. The fraction of sp³-hybridized carbons (Fsp3) is 0.929. The van der Waals surface area contributed by atoms with Gasteiger partial charge in [0.15, 0.2) is 0 Å². The number of carbonyl (C=O) groups is 1. The molecule has 2 aliphatic rings. The van der Waals surface area contributed by atoms with Crippen LogP contribution in [0.25, 0.3) is 0 Å². The molecule has 2 nitrogen and oxygen atoms in total. The summed E-state index contributed by atoms with van der Waals surface area (Å²) in [7, 11) is 0. The predicted molar refractivity (Wildman–Crippen MR) is 66.4 cm³/mol. The van der Waals surface area contributed by atoms with Crippen LogP contribution in [0.3, 0.4) is 0 Å². The van der Waals surface area contributed by atoms with E-state index in [2.05, 4.69) is 18.7 Å². The lowest BCUT2D eigenvalue weighted by molar-refractivity contribution is -0.127. The van der Waals surface area contributed by atoms with Crippen LogP contribution in [0.2, 0.25) is 0 Å². The molecule has 1 aliphatic heterocycles. The highest BCUT2D eigenvalue weighted by atomic mass is 16.1. The first-order chi connectivity index (χ1) is 7.68. The van der Waals surface area contributed by atoms with Gasteiger partial charge < -0.3 is 0 Å². The Kier molecular flexibility index (Phi) is 4.01. The fourth-order valence-electron chi connectivity index (χ4n) is 3.23. The number of carbonyl (C=O) groups excluding carboxylic acids is 1. The Labute approximate surface area is 99.4 Å². The summed E-state index contributed by atoms with van der Waals surface area (Å²) in [4.78, 5) is 14.1. The second kappa shape index (κ2) is 5.31. The molecule has 0 aromatic heterocycles. The molecule has 0 N–H and O–H groups in total. The number of ketones is 1. The normalized spacial score (nSPS) is 33.5. The molecule has 0 spiro atoms. The van der Waals surface area contributed by atoms with Crippen LogP contribution < -0.4 is 0 Å². The molecule has 2 unspecified atom stereocenters. The van der Waals surface area contributed by atoms with Crippen LogP contribution >= 0.6 is 0 Å². The zero-order chi connectivity index (χ0) is 11.5. The van der Waals surface area contributed by atoms with Gasteiger partial charge in [0.1, 0.15) is 5.78 Å². The first-order valence-corrected chi connectivity index (χ1v) is 6.95. The molecule has 2 heteroatoms. The average Bonchev–Trinajstić information content (AvgIpc) is 2.78. The molecule has 1 aliphatic carbocycles. The van der Waals surface area contributed by atoms with Crippen LogP contribution in [0.4, 0.5) is 0 Å². The monoisotopic (exact) mass is 223 g/mol. The maximum atomic E-state index is 11.6. The van der Waals surface area contributed by atoms with Gasteiger partial charge in [-0.15, -0.1) is 0 Å². The van der Waals surface area contributed by atoms with Crippen LogP contribution in [-0.4, -0.2) is 29.8 Å². The topological polar surface area (TPSA) is 20.3 Å². The molecular formula is C14H25NO. The predicted octanol–water partition coefficient (Wildman–Crippen LogP) is 2.87. The summed E-state index contributed by atoms with van der Waals surface area (Å²) >= 11 is 0. The molecule has 16 heavy (non-hydrogen) atoms. The molecule has 0 radical (unpaired) electrons. The van der Waals surface area contributed by atoms with Gasteiger partial charge in [0, 0.05) is 24.9 Å². The van der Waals surface area contributed by atoms with E-state index in [1.54, 1.807) is 0 Å². The number of hydrogen-bond acceptors (Lipinski definition) is 2. The Hall–Kier alpha value is -0.370. The number of rotatable bonds is 3. The van der Waals surface area contributed by atoms with Gasteiger partial charge in [0.2, 0.25) is 0 Å². The lowest BCUT2D eigenvalue weighted by Gasteiger charge is -2.37. The largest absolute Gasteiger partial charge is 0.300 e. The summed E-state index contributed by atoms with van der Waals surface area (Å²) in [6.07, 6.45) is 7.89. The van der Waals surface area contributed by atoms with E-state index in [1.807, 2.05) is 0 Å². The number of hydrogen-bond donors (Lipinski definition) is 0. The molecule has 2 rings (SSSR count). The van der Waals surface area contributed by atoms with Crippen molar-refractivity contribution in [2.75, 3.05) is 13.1 Å². The summed E-state index contributed by atoms with van der Waals surface area (Å²) in [5.41, 5.74) is 0. The molecule has 0 aromatic rings. The van der Waals surface area contributed by atoms with Crippen LogP contribution in [0.5, 0.6) is 0 Å². The third-order valence-corrected chi connectivity index (χ3v) is 4.75. The average molecular weight is 223 g/mol. The molecule has 0 amide bonds. The minimum Gasteiger partial charge on any atom is -0.300 e. The third-order valence-electron chi connectivity index (χ3n) is 4.75. The Morgan fingerprint density at radius 1 is 1.25 bits per heavy atom. The lowest BCUT2D eigenvalue weighted by atomic mass is 9.90. The summed E-state index contributed by atoms with van der Waals surface area (Å²) in [5, 5.41) is 0. The molecule has 0 bridgehead atoms. The van der Waals surface area contributed by atoms with Gasteiger partial charge in [-0.05, 0) is 25.8 Å². The number of likely N-dealkylation sites (tertiary alicyclic amines) is 1. The first kappa shape index (κ1) is 12.1. The summed E-state index contributed by atoms with van der Waals surface area (Å²) in [5.74, 6) is 1.68. The molecular weight excluding hydrogens is 198 g/mol. The Morgan fingerprint density at radius 3 is 2.62 bits per heavy atom. The van der Waals surface area contributed by atoms with Gasteiger partial charge in [-0.25, -0.2) is 0 Å². The van der Waals surface area contributed by atoms with Crippen molar-refractivity contribution in [2.45, 2.75) is 58.4 Å². The second-order valence-corrected chi connectivity index (χ2v) is 5.72. The molecule has 1 heterocycles. The SMILES string of the molecule is CC1C(=O)CCN(CCC2CCCC2)C1C. The molecule has 92 valence electrons. The van der Waals surface area contributed by atoms with Gasteiger partial charge >= 0.3 is 0 Å². The van der Waals surface area contributed by atoms with Crippen molar-refractivity contribution < 1.29 is 4.79 Å². The molecule has 1 saturated heterocycles. The third kappa shape index (κ3) is 2.65. The van der Waals surface area contributed by atoms with E-state index in [0.717, 1.165) is 18.9 Å². The second-order valence-electron chi connectivity index (χ2n) is 5.72. The highest BCUT2D eigenvalue weighted by molar-refractivity contribution is 5.82. The number of piperidine rings is 1. The molecule has 2 atom stereocenters. The van der Waals surface area contributed by atoms with Crippen molar-refractivity contribution in [1.82, 2.24) is 4.90 Å². The minimum atomic E-state index is 0.248. The highest BCUT2D eigenvalue weighted by Crippen LogP contribution is 2.29. The number of nitrogens with zero attached hydrogens (tertiary/aromatic N) is 1. The molecule has 2 fully saturated rings. The molecule has 0 aromatic carbocycles. The van der Waals surface area contributed by atoms with Crippen molar-refractivity contribution in [3.63, 3.8) is 0 Å². The van der Waals surface area contributed by atoms with Crippen molar-refractivity contribution in [3.8, 4) is 0 Å². The first-order valence-electron chi connectivity index (χ1n) is 6.95. The Balaban J connectivity index is 1.78. The van der Waals surface area contributed by atoms with Crippen LogP contribution in [0, 0.1) is 11.8 Å². The van der Waals surface area contributed by atoms with Crippen LogP contribution in [0.1, 0.15) is 52.4 Å². The van der Waals surface area contributed by atoms with Gasteiger partial charge in [-0.3, -0.25) is 9.69 Å². The maximum absolute atomic E-state index is 11.6. The van der Waals surface area contributed by atoms with E-state index in [9.17, 15) is 4.79 Å². The fourth-order valence-corrected chi connectivity index (χ4v) is 3.23. The van der Waals surface area contributed by atoms with Crippen molar-refractivity contribution in [1.29, 1.82) is 0 Å². The highest BCUT2D eigenvalue weighted by Gasteiger charge is 2.30. The Bertz CT molecular complexity index is 245. The summed E-state index contributed by atoms with van der Waals surface area (Å²) < 4.78 is 0. The van der Waals surface area contributed by atoms with E-state index in [4.69, 9.17) is 0 Å². The lowest BCUT2D eigenvalue weighted by Crippen LogP contribution is -2.47. The smallest absolute Gasteiger partial charge is 0.138 e. The van der Waals surface area contributed by atoms with Gasteiger partial charge in [-0.1, -0.05) is 32.6 Å². The summed E-state index contributed by atoms with van der Waals surface area (Å²) in [6, 6.07) is 0.461. The van der Waals surface area contributed by atoms with Crippen molar-refractivity contribution >= 4 is 5.78 Å². The van der Waals surface area contributed by atoms with Crippen molar-refractivity contribution in [2.24, 2.45) is 11.8 Å². The number of Topliss-reactive ketones (excluding diaryl/α,β-unsaturated/α-hetero) is 1.